The first kappa shape index (κ1) is 16.7. The van der Waals surface area contributed by atoms with Gasteiger partial charge < -0.3 is 9.84 Å². The lowest BCUT2D eigenvalue weighted by molar-refractivity contribution is -0.138. The lowest BCUT2D eigenvalue weighted by Crippen LogP contribution is -2.49. The summed E-state index contributed by atoms with van der Waals surface area (Å²) in [5, 5.41) is 8.82. The zero-order valence-electron chi connectivity index (χ0n) is 13.5. The monoisotopic (exact) mass is 298 g/mol. The van der Waals surface area contributed by atoms with Crippen LogP contribution in [-0.2, 0) is 9.53 Å². The highest BCUT2D eigenvalue weighted by atomic mass is 16.5. The van der Waals surface area contributed by atoms with Crippen LogP contribution in [0.2, 0.25) is 0 Å². The smallest absolute Gasteiger partial charge is 0.317 e. The van der Waals surface area contributed by atoms with Crippen LogP contribution in [0.5, 0.6) is 0 Å². The fourth-order valence-corrected chi connectivity index (χ4v) is 3.70. The van der Waals surface area contributed by atoms with E-state index < -0.39 is 5.97 Å². The summed E-state index contributed by atoms with van der Waals surface area (Å²) in [4.78, 5) is 15.1. The zero-order valence-corrected chi connectivity index (χ0v) is 13.5. The molecule has 0 aromatic carbocycles. The molecule has 1 aliphatic heterocycles. The maximum atomic E-state index is 10.7. The van der Waals surface area contributed by atoms with Gasteiger partial charge in [0.2, 0.25) is 0 Å². The highest BCUT2D eigenvalue weighted by Gasteiger charge is 2.27. The molecule has 21 heavy (non-hydrogen) atoms. The van der Waals surface area contributed by atoms with Crippen molar-refractivity contribution in [2.45, 2.75) is 38.7 Å². The number of ether oxygens (including phenoxy) is 1. The lowest BCUT2D eigenvalue weighted by Gasteiger charge is -2.39. The molecule has 0 aromatic heterocycles. The second-order valence-corrected chi connectivity index (χ2v) is 6.86. The summed E-state index contributed by atoms with van der Waals surface area (Å²) >= 11 is 0. The van der Waals surface area contributed by atoms with E-state index in [2.05, 4.69) is 11.8 Å². The standard InChI is InChI=1S/C16H30N2O3/c1-13-5-3-4-6-14(13)9-18-7-8-21-15(11-18)10-17(2)12-16(19)20/h13-15H,3-12H2,1-2H3,(H,19,20). The molecule has 3 unspecified atom stereocenters. The van der Waals surface area contributed by atoms with Crippen LogP contribution in [0.25, 0.3) is 0 Å². The largest absolute Gasteiger partial charge is 0.480 e. The van der Waals surface area contributed by atoms with Crippen LogP contribution in [0.1, 0.15) is 32.6 Å². The Balaban J connectivity index is 1.76. The third-order valence-corrected chi connectivity index (χ3v) is 4.93. The molecule has 0 radical (unpaired) electrons. The van der Waals surface area contributed by atoms with Crippen molar-refractivity contribution < 1.29 is 14.6 Å². The van der Waals surface area contributed by atoms with Crippen LogP contribution >= 0.6 is 0 Å². The fraction of sp³-hybridized carbons (Fsp3) is 0.938. The second-order valence-electron chi connectivity index (χ2n) is 6.86. The Morgan fingerprint density at radius 1 is 1.38 bits per heavy atom. The zero-order chi connectivity index (χ0) is 15.2. The van der Waals surface area contributed by atoms with Gasteiger partial charge in [0.1, 0.15) is 0 Å². The van der Waals surface area contributed by atoms with Gasteiger partial charge in [-0.05, 0) is 25.3 Å². The molecule has 3 atom stereocenters. The maximum absolute atomic E-state index is 10.7. The summed E-state index contributed by atoms with van der Waals surface area (Å²) in [6.07, 6.45) is 5.65. The van der Waals surface area contributed by atoms with Crippen molar-refractivity contribution in [3.8, 4) is 0 Å². The number of hydrogen-bond donors (Lipinski definition) is 1. The van der Waals surface area contributed by atoms with E-state index in [4.69, 9.17) is 9.84 Å². The number of rotatable bonds is 6. The molecule has 5 nitrogen and oxygen atoms in total. The number of carboxylic acid groups (broad SMARTS) is 1. The van der Waals surface area contributed by atoms with E-state index in [1.807, 2.05) is 11.9 Å². The predicted octanol–water partition coefficient (Wildman–Crippen LogP) is 1.53. The first-order valence-corrected chi connectivity index (χ1v) is 8.29. The van der Waals surface area contributed by atoms with Crippen LogP contribution in [-0.4, -0.2) is 73.4 Å². The number of likely N-dealkylation sites (N-methyl/N-ethyl adjacent to an activating group) is 1. The number of carbonyl (C=O) groups is 1. The molecular weight excluding hydrogens is 268 g/mol. The molecule has 0 bridgehead atoms. The third kappa shape index (κ3) is 5.57. The fourth-order valence-electron chi connectivity index (χ4n) is 3.70. The molecule has 1 N–H and O–H groups in total. The summed E-state index contributed by atoms with van der Waals surface area (Å²) in [5.41, 5.74) is 0. The van der Waals surface area contributed by atoms with Gasteiger partial charge >= 0.3 is 5.97 Å². The number of nitrogens with zero attached hydrogens (tertiary/aromatic N) is 2. The molecule has 0 spiro atoms. The molecule has 122 valence electrons. The van der Waals surface area contributed by atoms with Gasteiger partial charge in [0, 0.05) is 26.2 Å². The Hall–Kier alpha value is -0.650. The molecule has 2 aliphatic rings. The Kier molecular flexibility index (Phi) is 6.45. The van der Waals surface area contributed by atoms with Gasteiger partial charge in [-0.1, -0.05) is 26.2 Å². The molecule has 5 heteroatoms. The summed E-state index contributed by atoms with van der Waals surface area (Å²) in [5.74, 6) is 0.894. The van der Waals surface area contributed by atoms with Gasteiger partial charge in [0.15, 0.2) is 0 Å². The average Bonchev–Trinajstić information content (AvgIpc) is 2.41. The topological polar surface area (TPSA) is 53.0 Å². The molecule has 1 saturated carbocycles. The van der Waals surface area contributed by atoms with Crippen LogP contribution in [0, 0.1) is 11.8 Å². The van der Waals surface area contributed by atoms with E-state index in [0.717, 1.165) is 31.5 Å². The number of morpholine rings is 1. The van der Waals surface area contributed by atoms with Crippen molar-refractivity contribution in [2.75, 3.05) is 46.4 Å². The minimum Gasteiger partial charge on any atom is -0.480 e. The lowest BCUT2D eigenvalue weighted by atomic mass is 9.80. The van der Waals surface area contributed by atoms with Crippen molar-refractivity contribution in [1.29, 1.82) is 0 Å². The van der Waals surface area contributed by atoms with Gasteiger partial charge in [-0.15, -0.1) is 0 Å². The molecule has 0 amide bonds. The first-order valence-electron chi connectivity index (χ1n) is 8.29. The third-order valence-electron chi connectivity index (χ3n) is 4.93. The minimum absolute atomic E-state index is 0.0829. The van der Waals surface area contributed by atoms with E-state index in [1.54, 1.807) is 0 Å². The quantitative estimate of drug-likeness (QED) is 0.806. The van der Waals surface area contributed by atoms with Gasteiger partial charge in [0.25, 0.3) is 0 Å². The molecule has 0 aromatic rings. The molecule has 1 saturated heterocycles. The van der Waals surface area contributed by atoms with Crippen molar-refractivity contribution in [1.82, 2.24) is 9.80 Å². The molecule has 2 fully saturated rings. The van der Waals surface area contributed by atoms with Crippen molar-refractivity contribution in [3.63, 3.8) is 0 Å². The summed E-state index contributed by atoms with van der Waals surface area (Å²) in [6, 6.07) is 0. The SMILES string of the molecule is CC1CCCCC1CN1CCOC(CN(C)CC(=O)O)C1. The predicted molar refractivity (Wildman–Crippen MR) is 82.4 cm³/mol. The van der Waals surface area contributed by atoms with E-state index >= 15 is 0 Å². The van der Waals surface area contributed by atoms with Crippen molar-refractivity contribution in [2.24, 2.45) is 11.8 Å². The number of hydrogen-bond acceptors (Lipinski definition) is 4. The highest BCUT2D eigenvalue weighted by Crippen LogP contribution is 2.30. The Morgan fingerprint density at radius 2 is 2.14 bits per heavy atom. The summed E-state index contributed by atoms with van der Waals surface area (Å²) < 4.78 is 5.80. The van der Waals surface area contributed by atoms with Crippen LogP contribution in [0.15, 0.2) is 0 Å². The minimum atomic E-state index is -0.777. The summed E-state index contributed by atoms with van der Waals surface area (Å²) in [6.45, 7) is 7.08. The van der Waals surface area contributed by atoms with Gasteiger partial charge in [-0.3, -0.25) is 14.6 Å². The van der Waals surface area contributed by atoms with E-state index in [1.165, 1.54) is 32.2 Å². The number of carboxylic acids is 1. The first-order chi connectivity index (χ1) is 10.0. The summed E-state index contributed by atoms with van der Waals surface area (Å²) in [7, 11) is 1.85. The van der Waals surface area contributed by atoms with Gasteiger partial charge in [-0.25, -0.2) is 0 Å². The number of aliphatic carboxylic acids is 1. The Labute approximate surface area is 128 Å². The van der Waals surface area contributed by atoms with Crippen LogP contribution in [0.3, 0.4) is 0 Å². The van der Waals surface area contributed by atoms with Gasteiger partial charge in [0.05, 0.1) is 19.3 Å². The molecule has 1 heterocycles. The van der Waals surface area contributed by atoms with Crippen molar-refractivity contribution in [3.05, 3.63) is 0 Å². The van der Waals surface area contributed by atoms with Gasteiger partial charge in [-0.2, -0.15) is 0 Å². The van der Waals surface area contributed by atoms with Crippen molar-refractivity contribution >= 4 is 5.97 Å². The van der Waals surface area contributed by atoms with E-state index in [-0.39, 0.29) is 12.6 Å². The highest BCUT2D eigenvalue weighted by molar-refractivity contribution is 5.68. The maximum Gasteiger partial charge on any atom is 0.317 e. The normalized spacial score (nSPS) is 31.5. The molecular formula is C16H30N2O3. The molecule has 2 rings (SSSR count). The average molecular weight is 298 g/mol. The van der Waals surface area contributed by atoms with Crippen LogP contribution in [0.4, 0.5) is 0 Å². The molecule has 1 aliphatic carbocycles. The van der Waals surface area contributed by atoms with E-state index in [9.17, 15) is 4.79 Å². The van der Waals surface area contributed by atoms with E-state index in [0.29, 0.717) is 6.54 Å². The second kappa shape index (κ2) is 8.11. The Morgan fingerprint density at radius 3 is 2.86 bits per heavy atom. The Bertz CT molecular complexity index is 337. The van der Waals surface area contributed by atoms with Crippen LogP contribution < -0.4 is 0 Å².